The lowest BCUT2D eigenvalue weighted by atomic mass is 10.1. The number of Topliss-reactive ketones (excluding diaryl/α,β-unsaturated/α-hetero) is 1. The van der Waals surface area contributed by atoms with E-state index in [-0.39, 0.29) is 6.42 Å². The normalized spacial score (nSPS) is 20.1. The maximum absolute atomic E-state index is 10.6. The summed E-state index contributed by atoms with van der Waals surface area (Å²) in [4.78, 5) is 29.1. The van der Waals surface area contributed by atoms with Crippen molar-refractivity contribution in [1.29, 1.82) is 0 Å². The lowest BCUT2D eigenvalue weighted by Crippen LogP contribution is -2.30. The molecule has 0 aromatic rings. The van der Waals surface area contributed by atoms with Crippen molar-refractivity contribution in [3.05, 3.63) is 0 Å². The van der Waals surface area contributed by atoms with Crippen LogP contribution in [0.3, 0.4) is 0 Å². The van der Waals surface area contributed by atoms with Crippen LogP contribution in [0.25, 0.3) is 0 Å². The van der Waals surface area contributed by atoms with Crippen molar-refractivity contribution in [2.24, 2.45) is 0 Å². The number of rotatable bonds is 3. The van der Waals surface area contributed by atoms with Gasteiger partial charge in [-0.15, -0.1) is 0 Å². The van der Waals surface area contributed by atoms with Crippen molar-refractivity contribution in [3.8, 4) is 0 Å². The Morgan fingerprint density at radius 2 is 2.00 bits per heavy atom. The number of carboxylic acid groups (broad SMARTS) is 1. The van der Waals surface area contributed by atoms with Crippen LogP contribution >= 0.6 is 0 Å². The molecule has 0 aliphatic carbocycles. The molecule has 0 spiro atoms. The highest BCUT2D eigenvalue weighted by molar-refractivity contribution is 6.36. The molecule has 1 saturated heterocycles. The number of ketones is 1. The minimum Gasteiger partial charge on any atom is -0.475 e. The number of carboxylic acids is 1. The van der Waals surface area contributed by atoms with E-state index >= 15 is 0 Å². The molecule has 1 aliphatic heterocycles. The zero-order chi connectivity index (χ0) is 7.78. The molecule has 0 atom stereocenters. The smallest absolute Gasteiger partial charge is 0.378 e. The fraction of sp³-hybridized carbons (Fsp3) is 0.600. The molecule has 1 heterocycles. The van der Waals surface area contributed by atoms with E-state index in [0.29, 0.717) is 0 Å². The Morgan fingerprint density at radius 3 is 2.10 bits per heavy atom. The van der Waals surface area contributed by atoms with Gasteiger partial charge in [-0.2, -0.15) is 9.78 Å². The predicted octanol–water partition coefficient (Wildman–Crippen LogP) is -0.292. The molecule has 0 radical (unpaired) electrons. The van der Waals surface area contributed by atoms with Gasteiger partial charge < -0.3 is 5.11 Å². The van der Waals surface area contributed by atoms with Gasteiger partial charge in [0.25, 0.3) is 0 Å². The third-order valence-electron chi connectivity index (χ3n) is 1.29. The maximum Gasteiger partial charge on any atom is 0.378 e. The molecule has 0 aromatic heterocycles. The summed E-state index contributed by atoms with van der Waals surface area (Å²) in [6, 6.07) is 0. The highest BCUT2D eigenvalue weighted by atomic mass is 17.4. The second-order valence-corrected chi connectivity index (χ2v) is 1.91. The summed E-state index contributed by atoms with van der Waals surface area (Å²) in [5.41, 5.74) is 0. The number of aliphatic carboxylic acids is 1. The first-order chi connectivity index (χ1) is 4.62. The van der Waals surface area contributed by atoms with Crippen molar-refractivity contribution in [2.45, 2.75) is 19.1 Å². The largest absolute Gasteiger partial charge is 0.475 e. The average Bonchev–Trinajstić information content (AvgIpc) is 2.66. The average molecular weight is 146 g/mol. The zero-order valence-corrected chi connectivity index (χ0v) is 5.29. The minimum atomic E-state index is -1.53. The molecule has 0 bridgehead atoms. The third-order valence-corrected chi connectivity index (χ3v) is 1.29. The van der Waals surface area contributed by atoms with Crippen molar-refractivity contribution < 1.29 is 24.5 Å². The summed E-state index contributed by atoms with van der Waals surface area (Å²) in [7, 11) is 0. The lowest BCUT2D eigenvalue weighted by Gasteiger charge is -1.95. The molecular weight excluding hydrogens is 140 g/mol. The van der Waals surface area contributed by atoms with Crippen molar-refractivity contribution in [2.75, 3.05) is 0 Å². The van der Waals surface area contributed by atoms with E-state index in [1.165, 1.54) is 0 Å². The van der Waals surface area contributed by atoms with Gasteiger partial charge in [0, 0.05) is 6.42 Å². The van der Waals surface area contributed by atoms with Gasteiger partial charge in [-0.3, -0.25) is 4.79 Å². The van der Waals surface area contributed by atoms with Gasteiger partial charge in [0.1, 0.15) is 0 Å². The van der Waals surface area contributed by atoms with Crippen LogP contribution in [0.1, 0.15) is 13.3 Å². The van der Waals surface area contributed by atoms with Crippen LogP contribution in [-0.2, 0) is 19.4 Å². The van der Waals surface area contributed by atoms with Crippen molar-refractivity contribution in [3.63, 3.8) is 0 Å². The summed E-state index contributed by atoms with van der Waals surface area (Å²) < 4.78 is 0. The van der Waals surface area contributed by atoms with Gasteiger partial charge in [-0.1, -0.05) is 6.92 Å². The molecular formula is C5H6O5. The number of hydrogen-bond donors (Lipinski definition) is 1. The Kier molecular flexibility index (Phi) is 1.46. The fourth-order valence-corrected chi connectivity index (χ4v) is 0.567. The molecule has 1 aliphatic rings. The number of hydrogen-bond acceptors (Lipinski definition) is 4. The van der Waals surface area contributed by atoms with Gasteiger partial charge in [0.15, 0.2) is 0 Å². The fourth-order valence-electron chi connectivity index (χ4n) is 0.567. The minimum absolute atomic E-state index is 0.220. The molecule has 5 heteroatoms. The number of carbonyl (C=O) groups excluding carboxylic acids is 1. The highest BCUT2D eigenvalue weighted by Crippen LogP contribution is 2.33. The van der Waals surface area contributed by atoms with Crippen LogP contribution in [0.4, 0.5) is 0 Å². The van der Waals surface area contributed by atoms with Gasteiger partial charge in [0.2, 0.25) is 0 Å². The van der Waals surface area contributed by atoms with Crippen LogP contribution in [0.2, 0.25) is 0 Å². The van der Waals surface area contributed by atoms with Crippen LogP contribution in [0.5, 0.6) is 0 Å². The molecule has 56 valence electrons. The van der Waals surface area contributed by atoms with E-state index in [9.17, 15) is 9.59 Å². The number of carbonyl (C=O) groups is 2. The first kappa shape index (κ1) is 7.17. The summed E-state index contributed by atoms with van der Waals surface area (Å²) >= 11 is 0. The highest BCUT2D eigenvalue weighted by Gasteiger charge is 2.57. The first-order valence-electron chi connectivity index (χ1n) is 2.77. The van der Waals surface area contributed by atoms with E-state index in [1.807, 2.05) is 0 Å². The van der Waals surface area contributed by atoms with Crippen LogP contribution in [0, 0.1) is 0 Å². The Hall–Kier alpha value is -0.940. The van der Waals surface area contributed by atoms with E-state index < -0.39 is 17.5 Å². The van der Waals surface area contributed by atoms with E-state index in [0.717, 1.165) is 0 Å². The van der Waals surface area contributed by atoms with Crippen LogP contribution < -0.4 is 0 Å². The van der Waals surface area contributed by atoms with Gasteiger partial charge in [-0.05, 0) is 0 Å². The predicted molar refractivity (Wildman–Crippen MR) is 27.8 cm³/mol. The van der Waals surface area contributed by atoms with Crippen molar-refractivity contribution in [1.82, 2.24) is 0 Å². The summed E-state index contributed by atoms with van der Waals surface area (Å²) in [5.74, 6) is -4.04. The van der Waals surface area contributed by atoms with Crippen molar-refractivity contribution >= 4 is 11.8 Å². The third kappa shape index (κ3) is 0.891. The Bertz CT molecular complexity index is 180. The molecule has 0 unspecified atom stereocenters. The van der Waals surface area contributed by atoms with E-state index in [1.54, 1.807) is 6.92 Å². The Morgan fingerprint density at radius 1 is 1.50 bits per heavy atom. The Balaban J connectivity index is 2.65. The first-order valence-corrected chi connectivity index (χ1v) is 2.77. The molecule has 0 saturated carbocycles. The summed E-state index contributed by atoms with van der Waals surface area (Å²) in [6.45, 7) is 1.60. The molecule has 0 amide bonds. The maximum atomic E-state index is 10.6. The molecule has 10 heavy (non-hydrogen) atoms. The van der Waals surface area contributed by atoms with Crippen LogP contribution in [-0.4, -0.2) is 22.6 Å². The van der Waals surface area contributed by atoms with Gasteiger partial charge in [0.05, 0.1) is 0 Å². The Labute approximate surface area is 56.5 Å². The van der Waals surface area contributed by atoms with Crippen LogP contribution in [0.15, 0.2) is 0 Å². The summed E-state index contributed by atoms with van der Waals surface area (Å²) in [6.07, 6.45) is 0.220. The monoisotopic (exact) mass is 146 g/mol. The molecule has 1 N–H and O–H groups in total. The zero-order valence-electron chi connectivity index (χ0n) is 5.29. The van der Waals surface area contributed by atoms with Gasteiger partial charge >= 0.3 is 17.5 Å². The molecule has 1 fully saturated rings. The summed E-state index contributed by atoms with van der Waals surface area (Å²) in [5, 5.41) is 8.18. The second-order valence-electron chi connectivity index (χ2n) is 1.91. The standard InChI is InChI=1S/C5H6O5/c1-2-5(9-10-5)3(6)4(7)8/h2H2,1H3,(H,7,8). The second kappa shape index (κ2) is 2.03. The quantitative estimate of drug-likeness (QED) is 0.336. The molecule has 0 aromatic carbocycles. The molecule has 5 nitrogen and oxygen atoms in total. The molecule has 1 rings (SSSR count). The van der Waals surface area contributed by atoms with Gasteiger partial charge in [-0.25, -0.2) is 4.79 Å². The SMILES string of the molecule is CCC1(C(=O)C(=O)O)OO1. The topological polar surface area (TPSA) is 79.4 Å². The lowest BCUT2D eigenvalue weighted by molar-refractivity contribution is -0.152. The van der Waals surface area contributed by atoms with E-state index in [4.69, 9.17) is 5.11 Å². The van der Waals surface area contributed by atoms with E-state index in [2.05, 4.69) is 9.78 Å².